The number of aryl methyl sites for hydroxylation is 2. The minimum Gasteiger partial charge on any atom is -0.496 e. The van der Waals surface area contributed by atoms with Gasteiger partial charge in [0.1, 0.15) is 17.9 Å². The molecule has 2 aromatic carbocycles. The summed E-state index contributed by atoms with van der Waals surface area (Å²) in [5, 5.41) is 13.9. The van der Waals surface area contributed by atoms with Gasteiger partial charge in [-0.1, -0.05) is 17.7 Å². The second-order valence-electron chi connectivity index (χ2n) is 7.50. The molecule has 2 heterocycles. The standard InChI is InChI=1S/C24H23ClN4O3/c1-14-9-16(11-18(25)23(14)24(30)31)19-12-22(28-13-27-19)26-7-8-29-15(2)10-17-20(29)5-4-6-21(17)32-3/h4-6,9-13H,7-8H2,1-3H3,(H,30,31)(H,26,27,28). The molecule has 2 N–H and O–H groups in total. The van der Waals surface area contributed by atoms with E-state index in [4.69, 9.17) is 16.3 Å². The predicted molar refractivity (Wildman–Crippen MR) is 126 cm³/mol. The van der Waals surface area contributed by atoms with Gasteiger partial charge in [-0.2, -0.15) is 0 Å². The van der Waals surface area contributed by atoms with Gasteiger partial charge in [-0.3, -0.25) is 0 Å². The first-order valence-corrected chi connectivity index (χ1v) is 10.5. The number of aromatic carboxylic acids is 1. The van der Waals surface area contributed by atoms with Gasteiger partial charge in [-0.25, -0.2) is 14.8 Å². The number of carbonyl (C=O) groups is 1. The summed E-state index contributed by atoms with van der Waals surface area (Å²) in [5.74, 6) is 0.493. The van der Waals surface area contributed by atoms with Crippen LogP contribution in [0, 0.1) is 13.8 Å². The number of carboxylic acid groups (broad SMARTS) is 1. The fourth-order valence-corrected chi connectivity index (χ4v) is 4.28. The number of fused-ring (bicyclic) bond motifs is 1. The molecule has 0 saturated heterocycles. The van der Waals surface area contributed by atoms with Crippen LogP contribution in [-0.2, 0) is 6.54 Å². The van der Waals surface area contributed by atoms with Crippen LogP contribution >= 0.6 is 11.6 Å². The van der Waals surface area contributed by atoms with Crippen LogP contribution in [0.5, 0.6) is 5.75 Å². The molecule has 0 unspecified atom stereocenters. The Morgan fingerprint density at radius 3 is 2.72 bits per heavy atom. The molecule has 7 nitrogen and oxygen atoms in total. The fraction of sp³-hybridized carbons (Fsp3) is 0.208. The topological polar surface area (TPSA) is 89.3 Å². The molecule has 0 atom stereocenters. The maximum atomic E-state index is 11.4. The highest BCUT2D eigenvalue weighted by Crippen LogP contribution is 2.29. The molecule has 0 saturated carbocycles. The normalized spacial score (nSPS) is 11.0. The lowest BCUT2D eigenvalue weighted by Gasteiger charge is -2.12. The van der Waals surface area contributed by atoms with Crippen LogP contribution in [0.1, 0.15) is 21.6 Å². The number of methoxy groups -OCH3 is 1. The number of carboxylic acids is 1. The van der Waals surface area contributed by atoms with Crippen LogP contribution in [-0.4, -0.2) is 39.3 Å². The maximum absolute atomic E-state index is 11.4. The van der Waals surface area contributed by atoms with Crippen molar-refractivity contribution in [3.63, 3.8) is 0 Å². The SMILES string of the molecule is COc1cccc2c1cc(C)n2CCNc1cc(-c2cc(C)c(C(=O)O)c(Cl)c2)ncn1. The molecule has 0 spiro atoms. The summed E-state index contributed by atoms with van der Waals surface area (Å²) in [6.45, 7) is 5.21. The van der Waals surface area contributed by atoms with E-state index in [9.17, 15) is 9.90 Å². The van der Waals surface area contributed by atoms with Crippen molar-refractivity contribution in [1.82, 2.24) is 14.5 Å². The van der Waals surface area contributed by atoms with Crippen molar-refractivity contribution in [2.45, 2.75) is 20.4 Å². The number of rotatable bonds is 7. The van der Waals surface area contributed by atoms with Crippen molar-refractivity contribution in [2.75, 3.05) is 19.0 Å². The number of anilines is 1. The summed E-state index contributed by atoms with van der Waals surface area (Å²) in [4.78, 5) is 20.0. The van der Waals surface area contributed by atoms with E-state index >= 15 is 0 Å². The van der Waals surface area contributed by atoms with E-state index in [-0.39, 0.29) is 10.6 Å². The Labute approximate surface area is 190 Å². The summed E-state index contributed by atoms with van der Waals surface area (Å²) in [6, 6.07) is 13.4. The smallest absolute Gasteiger partial charge is 0.337 e. The Balaban J connectivity index is 1.52. The zero-order chi connectivity index (χ0) is 22.8. The van der Waals surface area contributed by atoms with Crippen LogP contribution in [0.25, 0.3) is 22.2 Å². The van der Waals surface area contributed by atoms with Crippen molar-refractivity contribution >= 4 is 34.3 Å². The quantitative estimate of drug-likeness (QED) is 0.403. The number of ether oxygens (including phenoxy) is 1. The zero-order valence-corrected chi connectivity index (χ0v) is 18.8. The van der Waals surface area contributed by atoms with Gasteiger partial charge in [-0.05, 0) is 49.7 Å². The highest BCUT2D eigenvalue weighted by Gasteiger charge is 2.15. The number of benzene rings is 2. The fourth-order valence-electron chi connectivity index (χ4n) is 3.93. The molecule has 4 aromatic rings. The Morgan fingerprint density at radius 1 is 1.19 bits per heavy atom. The Bertz CT molecular complexity index is 1290. The highest BCUT2D eigenvalue weighted by molar-refractivity contribution is 6.34. The lowest BCUT2D eigenvalue weighted by molar-refractivity contribution is 0.0696. The minimum atomic E-state index is -1.05. The third-order valence-corrected chi connectivity index (χ3v) is 5.74. The van der Waals surface area contributed by atoms with Gasteiger partial charge < -0.3 is 19.7 Å². The lowest BCUT2D eigenvalue weighted by atomic mass is 10.0. The molecule has 164 valence electrons. The average molecular weight is 451 g/mol. The number of nitrogens with one attached hydrogen (secondary N) is 1. The molecule has 0 aliphatic carbocycles. The lowest BCUT2D eigenvalue weighted by Crippen LogP contribution is -2.12. The van der Waals surface area contributed by atoms with E-state index in [0.717, 1.165) is 34.5 Å². The second-order valence-corrected chi connectivity index (χ2v) is 7.91. The molecule has 32 heavy (non-hydrogen) atoms. The molecule has 4 rings (SSSR count). The first-order valence-electron chi connectivity index (χ1n) is 10.1. The first kappa shape index (κ1) is 21.6. The van der Waals surface area contributed by atoms with Gasteiger partial charge in [0.25, 0.3) is 0 Å². The van der Waals surface area contributed by atoms with Crippen LogP contribution in [0.2, 0.25) is 5.02 Å². The third kappa shape index (κ3) is 4.11. The van der Waals surface area contributed by atoms with Crippen molar-refractivity contribution in [1.29, 1.82) is 0 Å². The predicted octanol–water partition coefficient (Wildman–Crippen LogP) is 5.19. The molecule has 0 fully saturated rings. The number of halogens is 1. The van der Waals surface area contributed by atoms with Gasteiger partial charge in [0.05, 0.1) is 28.9 Å². The van der Waals surface area contributed by atoms with E-state index in [2.05, 4.69) is 38.9 Å². The molecule has 0 bridgehead atoms. The molecule has 8 heteroatoms. The second kappa shape index (κ2) is 8.88. The number of hydrogen-bond acceptors (Lipinski definition) is 5. The number of nitrogens with zero attached hydrogens (tertiary/aromatic N) is 3. The number of aromatic nitrogens is 3. The number of hydrogen-bond donors (Lipinski definition) is 2. The summed E-state index contributed by atoms with van der Waals surface area (Å²) in [6.07, 6.45) is 1.48. The first-order chi connectivity index (χ1) is 15.4. The Morgan fingerprint density at radius 2 is 2.00 bits per heavy atom. The monoisotopic (exact) mass is 450 g/mol. The van der Waals surface area contributed by atoms with Gasteiger partial charge in [-0.15, -0.1) is 0 Å². The van der Waals surface area contributed by atoms with Crippen LogP contribution in [0.4, 0.5) is 5.82 Å². The van der Waals surface area contributed by atoms with Crippen molar-refractivity contribution in [2.24, 2.45) is 0 Å². The summed E-state index contributed by atoms with van der Waals surface area (Å²) in [7, 11) is 1.68. The van der Waals surface area contributed by atoms with E-state index < -0.39 is 5.97 Å². The van der Waals surface area contributed by atoms with Crippen LogP contribution in [0.3, 0.4) is 0 Å². The highest BCUT2D eigenvalue weighted by atomic mass is 35.5. The maximum Gasteiger partial charge on any atom is 0.337 e. The van der Waals surface area contributed by atoms with Crippen LogP contribution in [0.15, 0.2) is 48.8 Å². The molecule has 2 aromatic heterocycles. The molecular formula is C24H23ClN4O3. The van der Waals surface area contributed by atoms with E-state index in [0.29, 0.717) is 23.6 Å². The molecule has 0 amide bonds. The molecule has 0 aliphatic heterocycles. The summed E-state index contributed by atoms with van der Waals surface area (Å²) >= 11 is 6.19. The van der Waals surface area contributed by atoms with Gasteiger partial charge >= 0.3 is 5.97 Å². The average Bonchev–Trinajstić information content (AvgIpc) is 3.08. The largest absolute Gasteiger partial charge is 0.496 e. The van der Waals surface area contributed by atoms with E-state index in [1.54, 1.807) is 26.2 Å². The zero-order valence-electron chi connectivity index (χ0n) is 18.0. The van der Waals surface area contributed by atoms with Crippen molar-refractivity contribution < 1.29 is 14.6 Å². The third-order valence-electron chi connectivity index (χ3n) is 5.44. The van der Waals surface area contributed by atoms with E-state index in [1.807, 2.05) is 18.2 Å². The van der Waals surface area contributed by atoms with Crippen molar-refractivity contribution in [3.05, 3.63) is 70.6 Å². The molecule has 0 aliphatic rings. The van der Waals surface area contributed by atoms with E-state index in [1.165, 1.54) is 6.33 Å². The van der Waals surface area contributed by atoms with Gasteiger partial charge in [0.2, 0.25) is 0 Å². The van der Waals surface area contributed by atoms with Crippen LogP contribution < -0.4 is 10.1 Å². The van der Waals surface area contributed by atoms with Crippen molar-refractivity contribution in [3.8, 4) is 17.0 Å². The Kier molecular flexibility index (Phi) is 6.01. The minimum absolute atomic E-state index is 0.105. The Hall–Kier alpha value is -3.58. The summed E-state index contributed by atoms with van der Waals surface area (Å²) < 4.78 is 7.71. The molecular weight excluding hydrogens is 428 g/mol. The van der Waals surface area contributed by atoms with Gasteiger partial charge in [0, 0.05) is 35.8 Å². The van der Waals surface area contributed by atoms with Gasteiger partial charge in [0.15, 0.2) is 0 Å². The molecule has 0 radical (unpaired) electrons. The summed E-state index contributed by atoms with van der Waals surface area (Å²) in [5.41, 5.74) is 4.36.